The van der Waals surface area contributed by atoms with Crippen LogP contribution in [0.2, 0.25) is 0 Å². The van der Waals surface area contributed by atoms with Crippen molar-refractivity contribution in [1.82, 2.24) is 0 Å². The fraction of sp³-hybridized carbons (Fsp3) is 0.118. The zero-order chi connectivity index (χ0) is 14.4. The Hall–Kier alpha value is -2.00. The Labute approximate surface area is 123 Å². The number of aryl methyl sites for hydroxylation is 1. The Morgan fingerprint density at radius 3 is 2.30 bits per heavy atom. The molecule has 0 aliphatic rings. The number of hydrogen-bond acceptors (Lipinski definition) is 3. The number of hydrogen-bond donors (Lipinski definition) is 0. The molecule has 20 heavy (non-hydrogen) atoms. The molecule has 2 aromatic carbocycles. The van der Waals surface area contributed by atoms with E-state index in [9.17, 15) is 4.79 Å². The van der Waals surface area contributed by atoms with E-state index in [0.717, 1.165) is 15.4 Å². The van der Waals surface area contributed by atoms with Crippen molar-refractivity contribution in [3.63, 3.8) is 0 Å². The maximum Gasteiger partial charge on any atom is 0.331 e. The number of ether oxygens (including phenoxy) is 1. The molecule has 0 spiro atoms. The highest BCUT2D eigenvalue weighted by molar-refractivity contribution is 8.08. The van der Waals surface area contributed by atoms with Gasteiger partial charge in [-0.15, -0.1) is 0 Å². The third kappa shape index (κ3) is 4.00. The van der Waals surface area contributed by atoms with E-state index < -0.39 is 0 Å². The van der Waals surface area contributed by atoms with E-state index in [1.54, 1.807) is 11.8 Å². The Morgan fingerprint density at radius 1 is 1.05 bits per heavy atom. The second kappa shape index (κ2) is 6.96. The predicted molar refractivity (Wildman–Crippen MR) is 83.5 cm³/mol. The first-order valence-corrected chi connectivity index (χ1v) is 7.10. The van der Waals surface area contributed by atoms with Crippen LogP contribution in [0.25, 0.3) is 4.91 Å². The Balaban J connectivity index is 2.32. The fourth-order valence-electron chi connectivity index (χ4n) is 1.67. The summed E-state index contributed by atoms with van der Waals surface area (Å²) in [5.74, 6) is -0.344. The van der Waals surface area contributed by atoms with Gasteiger partial charge in [0.2, 0.25) is 0 Å². The number of thioether (sulfide) groups is 1. The van der Waals surface area contributed by atoms with Gasteiger partial charge in [-0.3, -0.25) is 0 Å². The molecule has 0 aliphatic heterocycles. The number of carbonyl (C=O) groups excluding carboxylic acids is 1. The van der Waals surface area contributed by atoms with E-state index in [2.05, 4.69) is 0 Å². The van der Waals surface area contributed by atoms with Gasteiger partial charge < -0.3 is 4.74 Å². The summed E-state index contributed by atoms with van der Waals surface area (Å²) in [6, 6.07) is 18.1. The molecule has 0 radical (unpaired) electrons. The van der Waals surface area contributed by atoms with Crippen molar-refractivity contribution in [2.75, 3.05) is 7.11 Å². The summed E-state index contributed by atoms with van der Waals surface area (Å²) in [6.45, 7) is 2.04. The highest BCUT2D eigenvalue weighted by atomic mass is 32.2. The van der Waals surface area contributed by atoms with E-state index in [1.165, 1.54) is 18.7 Å². The van der Waals surface area contributed by atoms with Crippen LogP contribution < -0.4 is 0 Å². The molecule has 0 amide bonds. The second-order valence-electron chi connectivity index (χ2n) is 4.31. The van der Waals surface area contributed by atoms with Gasteiger partial charge in [0.25, 0.3) is 0 Å². The van der Waals surface area contributed by atoms with Crippen molar-refractivity contribution in [3.8, 4) is 0 Å². The molecule has 0 aliphatic carbocycles. The van der Waals surface area contributed by atoms with Crippen LogP contribution in [0.5, 0.6) is 0 Å². The molecule has 3 heteroatoms. The van der Waals surface area contributed by atoms with Crippen LogP contribution in [0.3, 0.4) is 0 Å². The molecular formula is C17H16O2S. The molecule has 0 unspecified atom stereocenters. The minimum atomic E-state index is -0.344. The Bertz CT molecular complexity index is 601. The second-order valence-corrected chi connectivity index (χ2v) is 5.43. The van der Waals surface area contributed by atoms with Gasteiger partial charge in [0.05, 0.1) is 7.11 Å². The minimum absolute atomic E-state index is 0.344. The third-order valence-electron chi connectivity index (χ3n) is 2.76. The topological polar surface area (TPSA) is 26.3 Å². The Morgan fingerprint density at radius 2 is 1.70 bits per heavy atom. The van der Waals surface area contributed by atoms with E-state index in [0.29, 0.717) is 0 Å². The molecular weight excluding hydrogens is 268 g/mol. The van der Waals surface area contributed by atoms with Gasteiger partial charge >= 0.3 is 5.97 Å². The molecule has 0 aromatic heterocycles. The zero-order valence-electron chi connectivity index (χ0n) is 11.5. The molecule has 0 heterocycles. The van der Waals surface area contributed by atoms with Crippen LogP contribution in [0.15, 0.2) is 65.6 Å². The van der Waals surface area contributed by atoms with Gasteiger partial charge in [-0.25, -0.2) is 4.79 Å². The lowest BCUT2D eigenvalue weighted by Gasteiger charge is -2.08. The lowest BCUT2D eigenvalue weighted by atomic mass is 10.1. The SMILES string of the molecule is COC(=O)/C=C(\Sc1ccccc1)c1ccc(C)cc1. The smallest absolute Gasteiger partial charge is 0.331 e. The highest BCUT2D eigenvalue weighted by Gasteiger charge is 2.07. The van der Waals surface area contributed by atoms with E-state index in [4.69, 9.17) is 4.74 Å². The van der Waals surface area contributed by atoms with Crippen molar-refractivity contribution in [1.29, 1.82) is 0 Å². The molecule has 0 saturated heterocycles. The maximum absolute atomic E-state index is 11.5. The van der Waals surface area contributed by atoms with E-state index in [-0.39, 0.29) is 5.97 Å². The first-order valence-electron chi connectivity index (χ1n) is 6.28. The highest BCUT2D eigenvalue weighted by Crippen LogP contribution is 2.34. The average Bonchev–Trinajstić information content (AvgIpc) is 2.48. The van der Waals surface area contributed by atoms with Crippen molar-refractivity contribution in [2.24, 2.45) is 0 Å². The summed E-state index contributed by atoms with van der Waals surface area (Å²) >= 11 is 1.55. The van der Waals surface area contributed by atoms with Crippen molar-refractivity contribution >= 4 is 22.6 Å². The summed E-state index contributed by atoms with van der Waals surface area (Å²) in [5.41, 5.74) is 2.20. The van der Waals surface area contributed by atoms with Crippen LogP contribution >= 0.6 is 11.8 Å². The van der Waals surface area contributed by atoms with Crippen LogP contribution in [0.4, 0.5) is 0 Å². The summed E-state index contributed by atoms with van der Waals surface area (Å²) < 4.78 is 4.73. The van der Waals surface area contributed by atoms with Gasteiger partial charge in [-0.1, -0.05) is 59.8 Å². The van der Waals surface area contributed by atoms with Crippen LogP contribution in [-0.4, -0.2) is 13.1 Å². The van der Waals surface area contributed by atoms with Crippen molar-refractivity contribution in [2.45, 2.75) is 11.8 Å². The summed E-state index contributed by atoms with van der Waals surface area (Å²) in [5, 5.41) is 0. The standard InChI is InChI=1S/C17H16O2S/c1-13-8-10-14(11-9-13)16(12-17(18)19-2)20-15-6-4-3-5-7-15/h3-12H,1-2H3/b16-12-. The molecule has 102 valence electrons. The Kier molecular flexibility index (Phi) is 5.02. The van der Waals surface area contributed by atoms with Crippen LogP contribution in [0, 0.1) is 6.92 Å². The molecule has 0 N–H and O–H groups in total. The van der Waals surface area contributed by atoms with E-state index in [1.807, 2.05) is 61.5 Å². The average molecular weight is 284 g/mol. The van der Waals surface area contributed by atoms with Gasteiger partial charge in [-0.2, -0.15) is 0 Å². The summed E-state index contributed by atoms with van der Waals surface area (Å²) in [7, 11) is 1.39. The fourth-order valence-corrected chi connectivity index (χ4v) is 2.63. The normalized spacial score (nSPS) is 11.2. The lowest BCUT2D eigenvalue weighted by molar-refractivity contribution is -0.134. The number of benzene rings is 2. The number of carbonyl (C=O) groups is 1. The molecule has 2 nitrogen and oxygen atoms in total. The maximum atomic E-state index is 11.5. The molecule has 0 saturated carbocycles. The van der Waals surface area contributed by atoms with Gasteiger partial charge in [0.1, 0.15) is 0 Å². The van der Waals surface area contributed by atoms with Crippen LogP contribution in [0.1, 0.15) is 11.1 Å². The third-order valence-corrected chi connectivity index (χ3v) is 3.84. The molecule has 0 bridgehead atoms. The monoisotopic (exact) mass is 284 g/mol. The number of methoxy groups -OCH3 is 1. The first kappa shape index (κ1) is 14.4. The summed E-state index contributed by atoms with van der Waals surface area (Å²) in [4.78, 5) is 13.5. The largest absolute Gasteiger partial charge is 0.466 e. The molecule has 0 atom stereocenters. The minimum Gasteiger partial charge on any atom is -0.466 e. The molecule has 0 fully saturated rings. The predicted octanol–water partition coefficient (Wildman–Crippen LogP) is 4.30. The van der Waals surface area contributed by atoms with Gasteiger partial charge in [0, 0.05) is 15.9 Å². The van der Waals surface area contributed by atoms with Gasteiger partial charge in [-0.05, 0) is 24.6 Å². The quantitative estimate of drug-likeness (QED) is 0.475. The van der Waals surface area contributed by atoms with Gasteiger partial charge in [0.15, 0.2) is 0 Å². The van der Waals surface area contributed by atoms with E-state index >= 15 is 0 Å². The molecule has 2 aromatic rings. The number of rotatable bonds is 4. The van der Waals surface area contributed by atoms with Crippen molar-refractivity contribution < 1.29 is 9.53 Å². The lowest BCUT2D eigenvalue weighted by Crippen LogP contribution is -1.96. The molecule has 2 rings (SSSR count). The zero-order valence-corrected chi connectivity index (χ0v) is 12.3. The number of esters is 1. The summed E-state index contributed by atoms with van der Waals surface area (Å²) in [6.07, 6.45) is 1.53. The van der Waals surface area contributed by atoms with Crippen molar-refractivity contribution in [3.05, 3.63) is 71.8 Å². The first-order chi connectivity index (χ1) is 9.69. The van der Waals surface area contributed by atoms with Crippen LogP contribution in [-0.2, 0) is 9.53 Å².